The van der Waals surface area contributed by atoms with Gasteiger partial charge in [0.25, 0.3) is 5.91 Å². The summed E-state index contributed by atoms with van der Waals surface area (Å²) in [5.74, 6) is 0.255. The molecule has 2 aliphatic rings. The van der Waals surface area contributed by atoms with Crippen molar-refractivity contribution in [3.05, 3.63) is 102 Å². The maximum atomic E-state index is 13.0. The van der Waals surface area contributed by atoms with E-state index in [0.717, 1.165) is 11.3 Å². The molecule has 0 bridgehead atoms. The number of rotatable bonds is 5. The van der Waals surface area contributed by atoms with Gasteiger partial charge in [-0.25, -0.2) is 0 Å². The molecule has 152 valence electrons. The topological polar surface area (TPSA) is 56.7 Å². The third-order valence-electron chi connectivity index (χ3n) is 6.58. The molecule has 3 aromatic rings. The van der Waals surface area contributed by atoms with Gasteiger partial charge in [-0.3, -0.25) is 14.7 Å². The average molecular weight is 399 g/mol. The highest BCUT2D eigenvalue weighted by Crippen LogP contribution is 2.54. The number of likely N-dealkylation sites (tertiary alicyclic amines) is 2. The molecule has 2 aliphatic heterocycles. The minimum absolute atomic E-state index is 0.0170. The minimum Gasteiger partial charge on any atom is -0.395 e. The van der Waals surface area contributed by atoms with Gasteiger partial charge in [-0.1, -0.05) is 54.6 Å². The van der Waals surface area contributed by atoms with Crippen LogP contribution in [0, 0.1) is 0 Å². The second kappa shape index (κ2) is 7.67. The van der Waals surface area contributed by atoms with Gasteiger partial charge >= 0.3 is 0 Å². The van der Waals surface area contributed by atoms with Gasteiger partial charge < -0.3 is 10.0 Å². The maximum Gasteiger partial charge on any atom is 0.253 e. The van der Waals surface area contributed by atoms with Gasteiger partial charge in [-0.15, -0.1) is 0 Å². The molecular weight excluding hydrogens is 374 g/mol. The molecule has 3 heterocycles. The predicted molar refractivity (Wildman–Crippen MR) is 115 cm³/mol. The molecule has 0 saturated carbocycles. The number of aromatic nitrogens is 1. The Hall–Kier alpha value is -3.02. The number of hydrogen-bond acceptors (Lipinski definition) is 4. The van der Waals surface area contributed by atoms with Crippen molar-refractivity contribution in [2.24, 2.45) is 0 Å². The molecule has 2 aromatic carbocycles. The molecule has 0 aliphatic carbocycles. The number of benzene rings is 2. The minimum atomic E-state index is -0.170. The van der Waals surface area contributed by atoms with Crippen molar-refractivity contribution < 1.29 is 9.90 Å². The van der Waals surface area contributed by atoms with E-state index in [1.807, 2.05) is 71.6 Å². The van der Waals surface area contributed by atoms with Gasteiger partial charge in [0.15, 0.2) is 0 Å². The highest BCUT2D eigenvalue weighted by molar-refractivity contribution is 5.95. The van der Waals surface area contributed by atoms with Crippen LogP contribution in [0.5, 0.6) is 0 Å². The molecule has 30 heavy (non-hydrogen) atoms. The Bertz CT molecular complexity index is 1000. The molecule has 1 amide bonds. The number of aliphatic hydroxyl groups excluding tert-OH is 1. The van der Waals surface area contributed by atoms with Crippen molar-refractivity contribution in [1.29, 1.82) is 0 Å². The zero-order valence-corrected chi connectivity index (χ0v) is 16.8. The quantitative estimate of drug-likeness (QED) is 0.717. The largest absolute Gasteiger partial charge is 0.395 e. The molecule has 5 heteroatoms. The van der Waals surface area contributed by atoms with E-state index in [-0.39, 0.29) is 30.0 Å². The van der Waals surface area contributed by atoms with Crippen LogP contribution < -0.4 is 0 Å². The Balaban J connectivity index is 1.43. The molecule has 1 N–H and O–H groups in total. The fourth-order valence-electron chi connectivity index (χ4n) is 5.20. The van der Waals surface area contributed by atoms with Crippen LogP contribution in [0.25, 0.3) is 0 Å². The standard InChI is InChI=1S/C25H25N3O2/c29-16-22-23(19-9-3-1-4-10-19)25(28(22)15-21-13-7-8-14-26-21)17-27(18-25)24(30)20-11-5-2-6-12-20/h1-14,22-23,29H,15-18H2/t22-,23+/m0/s1. The summed E-state index contributed by atoms with van der Waals surface area (Å²) in [5, 5.41) is 10.2. The van der Waals surface area contributed by atoms with Crippen molar-refractivity contribution in [3.63, 3.8) is 0 Å². The lowest BCUT2D eigenvalue weighted by molar-refractivity contribution is -0.184. The van der Waals surface area contributed by atoms with E-state index in [2.05, 4.69) is 22.0 Å². The third kappa shape index (κ3) is 3.02. The van der Waals surface area contributed by atoms with Crippen LogP contribution in [-0.4, -0.2) is 57.1 Å². The number of carbonyl (C=O) groups is 1. The predicted octanol–water partition coefficient (Wildman–Crippen LogP) is 2.94. The first-order valence-corrected chi connectivity index (χ1v) is 10.4. The summed E-state index contributed by atoms with van der Waals surface area (Å²) in [6, 6.07) is 25.8. The number of aliphatic hydroxyl groups is 1. The Morgan fingerprint density at radius 2 is 1.63 bits per heavy atom. The lowest BCUT2D eigenvalue weighted by atomic mass is 9.60. The zero-order chi connectivity index (χ0) is 20.6. The molecule has 5 rings (SSSR count). The van der Waals surface area contributed by atoms with Crippen molar-refractivity contribution in [2.75, 3.05) is 19.7 Å². The number of hydrogen-bond donors (Lipinski definition) is 1. The van der Waals surface area contributed by atoms with Gasteiger partial charge in [0, 0.05) is 43.4 Å². The first kappa shape index (κ1) is 19.0. The number of nitrogens with zero attached hydrogens (tertiary/aromatic N) is 3. The van der Waals surface area contributed by atoms with Crippen LogP contribution in [0.2, 0.25) is 0 Å². The molecule has 1 spiro atoms. The first-order chi connectivity index (χ1) is 14.7. The van der Waals surface area contributed by atoms with E-state index in [1.54, 1.807) is 6.20 Å². The molecule has 0 radical (unpaired) electrons. The summed E-state index contributed by atoms with van der Waals surface area (Å²) in [5.41, 5.74) is 2.75. The zero-order valence-electron chi connectivity index (χ0n) is 16.8. The highest BCUT2D eigenvalue weighted by Gasteiger charge is 2.66. The van der Waals surface area contributed by atoms with Gasteiger partial charge in [0.1, 0.15) is 0 Å². The Morgan fingerprint density at radius 3 is 2.27 bits per heavy atom. The van der Waals surface area contributed by atoms with E-state index in [9.17, 15) is 9.90 Å². The second-order valence-corrected chi connectivity index (χ2v) is 8.22. The molecule has 2 saturated heterocycles. The van der Waals surface area contributed by atoms with Crippen molar-refractivity contribution >= 4 is 5.91 Å². The SMILES string of the molecule is O=C(c1ccccc1)N1CC2(C1)[C@H](c1ccccc1)[C@H](CO)N2Cc1ccccn1. The lowest BCUT2D eigenvalue weighted by Gasteiger charge is -2.70. The summed E-state index contributed by atoms with van der Waals surface area (Å²) in [7, 11) is 0. The van der Waals surface area contributed by atoms with Gasteiger partial charge in [0.05, 0.1) is 17.8 Å². The van der Waals surface area contributed by atoms with E-state index >= 15 is 0 Å². The monoisotopic (exact) mass is 399 g/mol. The van der Waals surface area contributed by atoms with Crippen LogP contribution in [-0.2, 0) is 6.54 Å². The van der Waals surface area contributed by atoms with Crippen LogP contribution in [0.1, 0.15) is 27.5 Å². The maximum absolute atomic E-state index is 13.0. The Morgan fingerprint density at radius 1 is 0.967 bits per heavy atom. The van der Waals surface area contributed by atoms with Crippen molar-refractivity contribution in [2.45, 2.75) is 24.0 Å². The summed E-state index contributed by atoms with van der Waals surface area (Å²) in [6.45, 7) is 2.07. The second-order valence-electron chi connectivity index (χ2n) is 8.22. The van der Waals surface area contributed by atoms with Gasteiger partial charge in [-0.2, -0.15) is 0 Å². The summed E-state index contributed by atoms with van der Waals surface area (Å²) in [4.78, 5) is 21.7. The lowest BCUT2D eigenvalue weighted by Crippen LogP contribution is -2.84. The van der Waals surface area contributed by atoms with E-state index in [1.165, 1.54) is 5.56 Å². The normalized spacial score (nSPS) is 22.4. The Kier molecular flexibility index (Phi) is 4.85. The van der Waals surface area contributed by atoms with Gasteiger partial charge in [0.2, 0.25) is 0 Å². The van der Waals surface area contributed by atoms with Crippen LogP contribution in [0.15, 0.2) is 85.1 Å². The smallest absolute Gasteiger partial charge is 0.253 e. The van der Waals surface area contributed by atoms with Crippen molar-refractivity contribution in [3.8, 4) is 0 Å². The average Bonchev–Trinajstić information content (AvgIpc) is 2.77. The van der Waals surface area contributed by atoms with Crippen LogP contribution in [0.4, 0.5) is 0 Å². The number of amides is 1. The molecule has 2 atom stereocenters. The van der Waals surface area contributed by atoms with Crippen LogP contribution >= 0.6 is 0 Å². The highest BCUT2D eigenvalue weighted by atomic mass is 16.3. The van der Waals surface area contributed by atoms with E-state index in [0.29, 0.717) is 19.6 Å². The summed E-state index contributed by atoms with van der Waals surface area (Å²) < 4.78 is 0. The van der Waals surface area contributed by atoms with Gasteiger partial charge in [-0.05, 0) is 29.8 Å². The first-order valence-electron chi connectivity index (χ1n) is 10.4. The van der Waals surface area contributed by atoms with Crippen molar-refractivity contribution in [1.82, 2.24) is 14.8 Å². The summed E-state index contributed by atoms with van der Waals surface area (Å²) >= 11 is 0. The van der Waals surface area contributed by atoms with E-state index < -0.39 is 0 Å². The van der Waals surface area contributed by atoms with Crippen LogP contribution in [0.3, 0.4) is 0 Å². The molecule has 5 nitrogen and oxygen atoms in total. The van der Waals surface area contributed by atoms with E-state index in [4.69, 9.17) is 0 Å². The number of carbonyl (C=O) groups excluding carboxylic acids is 1. The molecule has 0 unspecified atom stereocenters. The molecule has 1 aromatic heterocycles. The fourth-order valence-corrected chi connectivity index (χ4v) is 5.20. The third-order valence-corrected chi connectivity index (χ3v) is 6.58. The Labute approximate surface area is 176 Å². The molecular formula is C25H25N3O2. The summed E-state index contributed by atoms with van der Waals surface area (Å²) in [6.07, 6.45) is 1.80. The fraction of sp³-hybridized carbons (Fsp3) is 0.280. The number of pyridine rings is 1. The molecule has 2 fully saturated rings.